The van der Waals surface area contributed by atoms with Gasteiger partial charge in [-0.25, -0.2) is 0 Å². The topological polar surface area (TPSA) is 32.3 Å². The molecule has 2 N–H and O–H groups in total. The van der Waals surface area contributed by atoms with E-state index >= 15 is 0 Å². The first-order valence-corrected chi connectivity index (χ1v) is 6.65. The molecule has 4 rings (SSSR count). The van der Waals surface area contributed by atoms with Gasteiger partial charge in [0.05, 0.1) is 5.60 Å². The van der Waals surface area contributed by atoms with Crippen LogP contribution in [0.15, 0.2) is 0 Å². The number of hydrogen-bond acceptors (Lipinski definition) is 2. The SMILES string of the molecule is CCNCC1(O)C2CC3CC(C2)CC1C3. The second-order valence-electron chi connectivity index (χ2n) is 6.08. The van der Waals surface area contributed by atoms with Crippen molar-refractivity contribution in [3.05, 3.63) is 0 Å². The Labute approximate surface area is 92.4 Å². The highest BCUT2D eigenvalue weighted by atomic mass is 16.3. The number of likely N-dealkylation sites (N-methyl/N-ethyl adjacent to an activating group) is 1. The van der Waals surface area contributed by atoms with Crippen LogP contribution in [0.4, 0.5) is 0 Å². The highest BCUT2D eigenvalue weighted by Crippen LogP contribution is 2.57. The van der Waals surface area contributed by atoms with Crippen LogP contribution in [-0.4, -0.2) is 23.8 Å². The fourth-order valence-electron chi connectivity index (χ4n) is 4.61. The third-order valence-corrected chi connectivity index (χ3v) is 5.21. The largest absolute Gasteiger partial charge is 0.388 e. The molecule has 2 heteroatoms. The van der Waals surface area contributed by atoms with Gasteiger partial charge in [0, 0.05) is 6.54 Å². The van der Waals surface area contributed by atoms with Crippen molar-refractivity contribution in [2.75, 3.05) is 13.1 Å². The van der Waals surface area contributed by atoms with E-state index in [1.807, 2.05) is 0 Å². The van der Waals surface area contributed by atoms with Crippen molar-refractivity contribution >= 4 is 0 Å². The average molecular weight is 209 g/mol. The Morgan fingerprint density at radius 3 is 2.07 bits per heavy atom. The van der Waals surface area contributed by atoms with Crippen LogP contribution in [0.3, 0.4) is 0 Å². The van der Waals surface area contributed by atoms with Gasteiger partial charge in [-0.3, -0.25) is 0 Å². The van der Waals surface area contributed by atoms with Gasteiger partial charge in [-0.1, -0.05) is 6.92 Å². The van der Waals surface area contributed by atoms with Gasteiger partial charge in [-0.2, -0.15) is 0 Å². The van der Waals surface area contributed by atoms with Crippen molar-refractivity contribution < 1.29 is 5.11 Å². The highest BCUT2D eigenvalue weighted by Gasteiger charge is 2.55. The van der Waals surface area contributed by atoms with Crippen LogP contribution >= 0.6 is 0 Å². The maximum absolute atomic E-state index is 10.9. The monoisotopic (exact) mass is 209 g/mol. The van der Waals surface area contributed by atoms with Crippen molar-refractivity contribution in [2.24, 2.45) is 23.7 Å². The molecular weight excluding hydrogens is 186 g/mol. The molecule has 4 fully saturated rings. The summed E-state index contributed by atoms with van der Waals surface area (Å²) < 4.78 is 0. The van der Waals surface area contributed by atoms with Gasteiger partial charge < -0.3 is 10.4 Å². The Bertz CT molecular complexity index is 223. The fraction of sp³-hybridized carbons (Fsp3) is 1.00. The van der Waals surface area contributed by atoms with Gasteiger partial charge in [0.1, 0.15) is 0 Å². The smallest absolute Gasteiger partial charge is 0.0827 e. The summed E-state index contributed by atoms with van der Waals surface area (Å²) >= 11 is 0. The molecule has 0 aliphatic heterocycles. The lowest BCUT2D eigenvalue weighted by atomic mass is 9.50. The summed E-state index contributed by atoms with van der Waals surface area (Å²) in [6.07, 6.45) is 6.66. The summed E-state index contributed by atoms with van der Waals surface area (Å²) in [4.78, 5) is 0. The van der Waals surface area contributed by atoms with Crippen molar-refractivity contribution in [3.63, 3.8) is 0 Å². The van der Waals surface area contributed by atoms with Crippen LogP contribution in [0.2, 0.25) is 0 Å². The summed E-state index contributed by atoms with van der Waals surface area (Å²) in [5, 5.41) is 14.2. The van der Waals surface area contributed by atoms with Gasteiger partial charge in [-0.05, 0) is 62.3 Å². The second kappa shape index (κ2) is 3.46. The van der Waals surface area contributed by atoms with E-state index in [1.54, 1.807) is 0 Å². The average Bonchev–Trinajstić information content (AvgIpc) is 2.22. The summed E-state index contributed by atoms with van der Waals surface area (Å²) in [7, 11) is 0. The number of rotatable bonds is 3. The van der Waals surface area contributed by atoms with Crippen LogP contribution in [0.1, 0.15) is 39.0 Å². The number of aliphatic hydroxyl groups is 1. The first kappa shape index (κ1) is 10.1. The third kappa shape index (κ3) is 1.45. The lowest BCUT2D eigenvalue weighted by Gasteiger charge is -2.59. The third-order valence-electron chi connectivity index (χ3n) is 5.21. The lowest BCUT2D eigenvalue weighted by Crippen LogP contribution is -2.61. The van der Waals surface area contributed by atoms with Crippen LogP contribution in [0, 0.1) is 23.7 Å². The molecule has 0 unspecified atom stereocenters. The molecule has 0 aromatic rings. The molecule has 0 aromatic carbocycles. The van der Waals surface area contributed by atoms with Crippen molar-refractivity contribution in [1.82, 2.24) is 5.32 Å². The molecule has 4 aliphatic rings. The molecule has 0 radical (unpaired) electrons. The first-order chi connectivity index (χ1) is 7.22. The molecular formula is C13H23NO. The zero-order valence-corrected chi connectivity index (χ0v) is 9.71. The normalized spacial score (nSPS) is 52.4. The molecule has 0 amide bonds. The van der Waals surface area contributed by atoms with E-state index < -0.39 is 0 Å². The predicted octanol–water partition coefficient (Wildman–Crippen LogP) is 1.78. The lowest BCUT2D eigenvalue weighted by molar-refractivity contribution is -0.169. The van der Waals surface area contributed by atoms with E-state index in [-0.39, 0.29) is 5.60 Å². The molecule has 4 saturated carbocycles. The van der Waals surface area contributed by atoms with Crippen LogP contribution in [-0.2, 0) is 0 Å². The van der Waals surface area contributed by atoms with Crippen molar-refractivity contribution in [1.29, 1.82) is 0 Å². The van der Waals surface area contributed by atoms with Gasteiger partial charge in [-0.15, -0.1) is 0 Å². The zero-order chi connectivity index (χ0) is 10.5. The van der Waals surface area contributed by atoms with E-state index in [2.05, 4.69) is 12.2 Å². The minimum absolute atomic E-state index is 0.358. The minimum atomic E-state index is -0.358. The quantitative estimate of drug-likeness (QED) is 0.742. The molecule has 86 valence electrons. The van der Waals surface area contributed by atoms with Crippen molar-refractivity contribution in [2.45, 2.75) is 44.6 Å². The van der Waals surface area contributed by atoms with E-state index in [9.17, 15) is 5.11 Å². The standard InChI is InChI=1S/C13H23NO/c1-2-14-8-13(15)11-4-9-3-10(6-11)7-12(13)5-9/h9-12,14-15H,2-8H2,1H3. The second-order valence-corrected chi connectivity index (χ2v) is 6.08. The molecule has 2 nitrogen and oxygen atoms in total. The van der Waals surface area contributed by atoms with Crippen LogP contribution < -0.4 is 5.32 Å². The minimum Gasteiger partial charge on any atom is -0.388 e. The number of hydrogen-bond donors (Lipinski definition) is 2. The maximum Gasteiger partial charge on any atom is 0.0827 e. The summed E-state index contributed by atoms with van der Waals surface area (Å²) in [6, 6.07) is 0. The Kier molecular flexibility index (Phi) is 2.33. The molecule has 0 heterocycles. The molecule has 4 bridgehead atoms. The Balaban J connectivity index is 1.78. The predicted molar refractivity (Wildman–Crippen MR) is 60.5 cm³/mol. The van der Waals surface area contributed by atoms with Gasteiger partial charge >= 0.3 is 0 Å². The molecule has 15 heavy (non-hydrogen) atoms. The van der Waals surface area contributed by atoms with E-state index in [1.165, 1.54) is 32.1 Å². The summed E-state index contributed by atoms with van der Waals surface area (Å²) in [5.41, 5.74) is -0.358. The fourth-order valence-corrected chi connectivity index (χ4v) is 4.61. The van der Waals surface area contributed by atoms with E-state index in [0.717, 1.165) is 24.9 Å². The Morgan fingerprint density at radius 2 is 1.60 bits per heavy atom. The van der Waals surface area contributed by atoms with Crippen molar-refractivity contribution in [3.8, 4) is 0 Å². The Morgan fingerprint density at radius 1 is 1.07 bits per heavy atom. The van der Waals surface area contributed by atoms with Gasteiger partial charge in [0.2, 0.25) is 0 Å². The Hall–Kier alpha value is -0.0800. The summed E-state index contributed by atoms with van der Waals surface area (Å²) in [6.45, 7) is 3.94. The van der Waals surface area contributed by atoms with Crippen LogP contribution in [0.5, 0.6) is 0 Å². The van der Waals surface area contributed by atoms with Gasteiger partial charge in [0.15, 0.2) is 0 Å². The van der Waals surface area contributed by atoms with Gasteiger partial charge in [0.25, 0.3) is 0 Å². The van der Waals surface area contributed by atoms with Crippen LogP contribution in [0.25, 0.3) is 0 Å². The molecule has 4 aliphatic carbocycles. The zero-order valence-electron chi connectivity index (χ0n) is 9.71. The molecule has 0 aromatic heterocycles. The number of nitrogens with one attached hydrogen (secondary N) is 1. The van der Waals surface area contributed by atoms with E-state index in [0.29, 0.717) is 11.8 Å². The molecule has 0 spiro atoms. The molecule has 0 atom stereocenters. The maximum atomic E-state index is 10.9. The first-order valence-electron chi connectivity index (χ1n) is 6.65. The van der Waals surface area contributed by atoms with E-state index in [4.69, 9.17) is 0 Å². The molecule has 0 saturated heterocycles. The highest BCUT2D eigenvalue weighted by molar-refractivity contribution is 5.07. The summed E-state index contributed by atoms with van der Waals surface area (Å²) in [5.74, 6) is 3.12.